The van der Waals surface area contributed by atoms with Crippen LogP contribution >= 0.6 is 11.6 Å². The van der Waals surface area contributed by atoms with Crippen LogP contribution in [0.3, 0.4) is 0 Å². The van der Waals surface area contributed by atoms with E-state index in [-0.39, 0.29) is 0 Å². The zero-order valence-corrected chi connectivity index (χ0v) is 13.4. The molecule has 0 radical (unpaired) electrons. The van der Waals surface area contributed by atoms with Gasteiger partial charge in [-0.2, -0.15) is 4.98 Å². The van der Waals surface area contributed by atoms with Gasteiger partial charge in [-0.05, 0) is 29.8 Å². The van der Waals surface area contributed by atoms with Crippen LogP contribution in [0.4, 0.5) is 0 Å². The van der Waals surface area contributed by atoms with Crippen LogP contribution in [0.15, 0.2) is 53.1 Å². The topological polar surface area (TPSA) is 43.4 Å². The Morgan fingerprint density at radius 2 is 1.83 bits per heavy atom. The Morgan fingerprint density at radius 3 is 2.65 bits per heavy atom. The quantitative estimate of drug-likeness (QED) is 0.804. The lowest BCUT2D eigenvalue weighted by molar-refractivity contribution is -0.930. The first kappa shape index (κ1) is 14.4. The van der Waals surface area contributed by atoms with Crippen LogP contribution in [0, 0.1) is 0 Å². The summed E-state index contributed by atoms with van der Waals surface area (Å²) >= 11 is 5.91. The molecule has 1 unspecified atom stereocenters. The molecule has 0 saturated heterocycles. The first-order chi connectivity index (χ1) is 11.3. The van der Waals surface area contributed by atoms with E-state index < -0.39 is 0 Å². The minimum Gasteiger partial charge on any atom is -0.333 e. The predicted molar refractivity (Wildman–Crippen MR) is 88.1 cm³/mol. The molecule has 5 heteroatoms. The second kappa shape index (κ2) is 6.14. The molecular formula is C18H17ClN3O+. The van der Waals surface area contributed by atoms with Crippen LogP contribution in [-0.4, -0.2) is 16.7 Å². The molecule has 0 saturated carbocycles. The summed E-state index contributed by atoms with van der Waals surface area (Å²) in [5, 5.41) is 4.79. The molecule has 0 aliphatic carbocycles. The van der Waals surface area contributed by atoms with Gasteiger partial charge in [0.2, 0.25) is 5.82 Å². The first-order valence-electron chi connectivity index (χ1n) is 7.77. The standard InChI is InChI=1S/C18H16ClN3O/c19-16-7-5-14(6-8-16)18-20-17(23-21-18)12-22-10-9-13-3-1-2-4-15(13)11-22/h1-8H,9-12H2/p+1. The number of nitrogens with zero attached hydrogens (tertiary/aromatic N) is 2. The Morgan fingerprint density at radius 1 is 1.04 bits per heavy atom. The van der Waals surface area contributed by atoms with E-state index in [1.807, 2.05) is 24.3 Å². The van der Waals surface area contributed by atoms with Gasteiger partial charge in [-0.1, -0.05) is 41.0 Å². The molecule has 1 atom stereocenters. The Labute approximate surface area is 139 Å². The molecule has 4 rings (SSSR count). The van der Waals surface area contributed by atoms with E-state index in [2.05, 4.69) is 34.4 Å². The number of nitrogens with one attached hydrogen (secondary N) is 1. The van der Waals surface area contributed by atoms with Crippen LogP contribution in [0.25, 0.3) is 11.4 Å². The van der Waals surface area contributed by atoms with Crippen LogP contribution in [0.2, 0.25) is 5.02 Å². The van der Waals surface area contributed by atoms with Crippen molar-refractivity contribution in [3.05, 3.63) is 70.6 Å². The van der Waals surface area contributed by atoms with Crippen molar-refractivity contribution in [2.45, 2.75) is 19.5 Å². The number of rotatable bonds is 3. The van der Waals surface area contributed by atoms with Gasteiger partial charge in [-0.3, -0.25) is 0 Å². The SMILES string of the molecule is Clc1ccc(-c2noc(C[NH+]3CCc4ccccc4C3)n2)cc1. The van der Waals surface area contributed by atoms with Gasteiger partial charge < -0.3 is 9.42 Å². The highest BCUT2D eigenvalue weighted by atomic mass is 35.5. The third-order valence-electron chi connectivity index (χ3n) is 4.28. The fourth-order valence-corrected chi connectivity index (χ4v) is 3.18. The molecule has 1 aromatic heterocycles. The fraction of sp³-hybridized carbons (Fsp3) is 0.222. The smallest absolute Gasteiger partial charge is 0.282 e. The summed E-state index contributed by atoms with van der Waals surface area (Å²) in [6, 6.07) is 16.1. The van der Waals surface area contributed by atoms with Gasteiger partial charge in [0, 0.05) is 22.6 Å². The third-order valence-corrected chi connectivity index (χ3v) is 4.53. The van der Waals surface area contributed by atoms with E-state index >= 15 is 0 Å². The third kappa shape index (κ3) is 3.14. The second-order valence-corrected chi connectivity index (χ2v) is 6.33. The van der Waals surface area contributed by atoms with Gasteiger partial charge in [0.25, 0.3) is 5.89 Å². The molecule has 2 heterocycles. The molecule has 0 bridgehead atoms. The average Bonchev–Trinajstić information content (AvgIpc) is 3.04. The molecule has 0 amide bonds. The van der Waals surface area contributed by atoms with Gasteiger partial charge in [0.15, 0.2) is 6.54 Å². The number of hydrogen-bond donors (Lipinski definition) is 1. The molecule has 0 spiro atoms. The summed E-state index contributed by atoms with van der Waals surface area (Å²) < 4.78 is 5.43. The van der Waals surface area contributed by atoms with E-state index in [4.69, 9.17) is 16.1 Å². The normalized spacial score (nSPS) is 17.0. The van der Waals surface area contributed by atoms with E-state index in [0.717, 1.165) is 31.6 Å². The monoisotopic (exact) mass is 326 g/mol. The van der Waals surface area contributed by atoms with Crippen LogP contribution in [0.1, 0.15) is 17.0 Å². The van der Waals surface area contributed by atoms with E-state index in [9.17, 15) is 0 Å². The number of quaternary nitrogens is 1. The largest absolute Gasteiger partial charge is 0.333 e. The molecule has 1 aliphatic heterocycles. The van der Waals surface area contributed by atoms with Crippen molar-refractivity contribution < 1.29 is 9.42 Å². The Hall–Kier alpha value is -2.17. The fourth-order valence-electron chi connectivity index (χ4n) is 3.05. The van der Waals surface area contributed by atoms with Crippen LogP contribution < -0.4 is 4.90 Å². The minimum absolute atomic E-state index is 0.619. The van der Waals surface area contributed by atoms with Crippen molar-refractivity contribution in [3.63, 3.8) is 0 Å². The molecule has 1 aliphatic rings. The predicted octanol–water partition coefficient (Wildman–Crippen LogP) is 2.53. The number of halogens is 1. The maximum Gasteiger partial charge on any atom is 0.282 e. The average molecular weight is 327 g/mol. The summed E-state index contributed by atoms with van der Waals surface area (Å²) in [4.78, 5) is 5.97. The van der Waals surface area contributed by atoms with Crippen molar-refractivity contribution >= 4 is 11.6 Å². The van der Waals surface area contributed by atoms with Crippen molar-refractivity contribution in [3.8, 4) is 11.4 Å². The molecular weight excluding hydrogens is 310 g/mol. The molecule has 2 aromatic carbocycles. The molecule has 1 N–H and O–H groups in total. The minimum atomic E-state index is 0.619. The summed E-state index contributed by atoms with van der Waals surface area (Å²) in [5.41, 5.74) is 3.80. The summed E-state index contributed by atoms with van der Waals surface area (Å²) in [6.45, 7) is 2.86. The van der Waals surface area contributed by atoms with Crippen molar-refractivity contribution in [1.29, 1.82) is 0 Å². The van der Waals surface area contributed by atoms with Gasteiger partial charge in [-0.25, -0.2) is 0 Å². The van der Waals surface area contributed by atoms with E-state index in [1.165, 1.54) is 16.0 Å². The van der Waals surface area contributed by atoms with Gasteiger partial charge >= 0.3 is 0 Å². The molecule has 3 aromatic rings. The summed E-state index contributed by atoms with van der Waals surface area (Å²) in [5.74, 6) is 1.30. The van der Waals surface area contributed by atoms with Crippen molar-refractivity contribution in [2.24, 2.45) is 0 Å². The Balaban J connectivity index is 1.47. The highest BCUT2D eigenvalue weighted by molar-refractivity contribution is 6.30. The number of hydrogen-bond acceptors (Lipinski definition) is 3. The highest BCUT2D eigenvalue weighted by Crippen LogP contribution is 2.18. The highest BCUT2D eigenvalue weighted by Gasteiger charge is 2.21. The van der Waals surface area contributed by atoms with Gasteiger partial charge in [0.05, 0.1) is 6.54 Å². The van der Waals surface area contributed by atoms with Crippen molar-refractivity contribution in [1.82, 2.24) is 10.1 Å². The van der Waals surface area contributed by atoms with E-state index in [1.54, 1.807) is 0 Å². The van der Waals surface area contributed by atoms with Gasteiger partial charge in [0.1, 0.15) is 6.54 Å². The Bertz CT molecular complexity index is 813. The Kier molecular flexibility index (Phi) is 3.85. The summed E-state index contributed by atoms with van der Waals surface area (Å²) in [7, 11) is 0. The van der Waals surface area contributed by atoms with Crippen LogP contribution in [0.5, 0.6) is 0 Å². The van der Waals surface area contributed by atoms with Crippen molar-refractivity contribution in [2.75, 3.05) is 6.54 Å². The molecule has 23 heavy (non-hydrogen) atoms. The zero-order chi connectivity index (χ0) is 15.6. The van der Waals surface area contributed by atoms with Gasteiger partial charge in [-0.15, -0.1) is 0 Å². The maximum absolute atomic E-state index is 5.91. The summed E-state index contributed by atoms with van der Waals surface area (Å²) in [6.07, 6.45) is 1.10. The number of fused-ring (bicyclic) bond motifs is 1. The number of benzene rings is 2. The first-order valence-corrected chi connectivity index (χ1v) is 8.14. The van der Waals surface area contributed by atoms with Crippen LogP contribution in [-0.2, 0) is 19.5 Å². The lowest BCUT2D eigenvalue weighted by Gasteiger charge is -2.24. The van der Waals surface area contributed by atoms with E-state index in [0.29, 0.717) is 16.7 Å². The molecule has 116 valence electrons. The zero-order valence-electron chi connectivity index (χ0n) is 12.6. The number of aromatic nitrogens is 2. The maximum atomic E-state index is 5.91. The molecule has 4 nitrogen and oxygen atoms in total. The lowest BCUT2D eigenvalue weighted by atomic mass is 10.00. The molecule has 0 fully saturated rings. The lowest BCUT2D eigenvalue weighted by Crippen LogP contribution is -3.10. The second-order valence-electron chi connectivity index (χ2n) is 5.89.